The van der Waals surface area contributed by atoms with Crippen molar-refractivity contribution in [1.82, 2.24) is 5.01 Å². The zero-order chi connectivity index (χ0) is 19.7. The van der Waals surface area contributed by atoms with Crippen molar-refractivity contribution in [3.05, 3.63) is 75.3 Å². The first-order valence-corrected chi connectivity index (χ1v) is 10.5. The molecule has 6 heteroatoms. The molecule has 0 spiro atoms. The number of allylic oxidation sites excluding steroid dienone is 1. The molecule has 2 aromatic carbocycles. The Kier molecular flexibility index (Phi) is 5.77. The lowest BCUT2D eigenvalue weighted by atomic mass is 9.77. The number of rotatable bonds is 3. The molecule has 2 atom stereocenters. The van der Waals surface area contributed by atoms with Crippen LogP contribution in [0.25, 0.3) is 6.08 Å². The topological polar surface area (TPSA) is 32.7 Å². The van der Waals surface area contributed by atoms with Gasteiger partial charge in [0.25, 0.3) is 5.91 Å². The third kappa shape index (κ3) is 3.84. The molecule has 1 saturated carbocycles. The molecule has 3 nitrogen and oxygen atoms in total. The number of hydrogen-bond acceptors (Lipinski definition) is 2. The van der Waals surface area contributed by atoms with Crippen LogP contribution in [0.1, 0.15) is 36.4 Å². The van der Waals surface area contributed by atoms with E-state index < -0.39 is 0 Å². The van der Waals surface area contributed by atoms with Gasteiger partial charge in [0.15, 0.2) is 0 Å². The molecule has 0 radical (unpaired) electrons. The number of alkyl halides is 1. The molecular weight excluding hydrogens is 415 g/mol. The van der Waals surface area contributed by atoms with Crippen LogP contribution in [0.3, 0.4) is 0 Å². The number of halogens is 3. The van der Waals surface area contributed by atoms with Gasteiger partial charge in [-0.25, -0.2) is 5.01 Å². The highest BCUT2D eigenvalue weighted by Gasteiger charge is 2.43. The summed E-state index contributed by atoms with van der Waals surface area (Å²) >= 11 is 17.9. The van der Waals surface area contributed by atoms with Crippen LogP contribution < -0.4 is 0 Å². The fourth-order valence-corrected chi connectivity index (χ4v) is 4.40. The van der Waals surface area contributed by atoms with Crippen LogP contribution in [0.5, 0.6) is 0 Å². The molecule has 1 heterocycles. The van der Waals surface area contributed by atoms with Crippen LogP contribution >= 0.6 is 34.8 Å². The fraction of sp³-hybridized carbons (Fsp3) is 0.273. The van der Waals surface area contributed by atoms with Crippen LogP contribution in [0.2, 0.25) is 10.0 Å². The Bertz CT molecular complexity index is 935. The lowest BCUT2D eigenvalue weighted by molar-refractivity contribution is -0.130. The van der Waals surface area contributed by atoms with Crippen LogP contribution in [0.15, 0.2) is 59.2 Å². The third-order valence-electron chi connectivity index (χ3n) is 5.29. The average molecular weight is 434 g/mol. The molecule has 4 rings (SSSR count). The van der Waals surface area contributed by atoms with Crippen molar-refractivity contribution in [2.45, 2.75) is 25.3 Å². The molecule has 2 aromatic rings. The highest BCUT2D eigenvalue weighted by Crippen LogP contribution is 2.44. The molecule has 2 aliphatic rings. The van der Waals surface area contributed by atoms with E-state index in [1.54, 1.807) is 5.01 Å². The van der Waals surface area contributed by atoms with Crippen molar-refractivity contribution in [3.63, 3.8) is 0 Å². The van der Waals surface area contributed by atoms with Gasteiger partial charge in [0.2, 0.25) is 0 Å². The molecule has 0 N–H and O–H groups in total. The van der Waals surface area contributed by atoms with Gasteiger partial charge >= 0.3 is 0 Å². The van der Waals surface area contributed by atoms with Crippen LogP contribution in [0, 0.1) is 5.92 Å². The SMILES string of the molecule is O=C(CCl)N1N=C2/C(=C\c3ccc(Cl)cc3)CCC[C@@H]2[C@H]1c1ccc(Cl)cc1. The second-order valence-corrected chi connectivity index (χ2v) is 8.21. The van der Waals surface area contributed by atoms with E-state index in [0.717, 1.165) is 36.1 Å². The Hall–Kier alpha value is -1.81. The Morgan fingerprint density at radius 3 is 2.36 bits per heavy atom. The van der Waals surface area contributed by atoms with Gasteiger partial charge in [-0.3, -0.25) is 4.79 Å². The maximum Gasteiger partial charge on any atom is 0.258 e. The zero-order valence-corrected chi connectivity index (χ0v) is 17.4. The van der Waals surface area contributed by atoms with Crippen LogP contribution in [0.4, 0.5) is 0 Å². The fourth-order valence-electron chi connectivity index (χ4n) is 4.02. The smallest absolute Gasteiger partial charge is 0.258 e. The number of carbonyl (C=O) groups is 1. The predicted octanol–water partition coefficient (Wildman–Crippen LogP) is 6.36. The quantitative estimate of drug-likeness (QED) is 0.519. The van der Waals surface area contributed by atoms with Crippen molar-refractivity contribution in [2.75, 3.05) is 5.88 Å². The van der Waals surface area contributed by atoms with Crippen LogP contribution in [-0.2, 0) is 4.79 Å². The highest BCUT2D eigenvalue weighted by atomic mass is 35.5. The number of fused-ring (bicyclic) bond motifs is 1. The van der Waals surface area contributed by atoms with Gasteiger partial charge in [-0.05, 0) is 66.3 Å². The summed E-state index contributed by atoms with van der Waals surface area (Å²) < 4.78 is 0. The Morgan fingerprint density at radius 2 is 1.71 bits per heavy atom. The van der Waals surface area contributed by atoms with E-state index in [9.17, 15) is 4.79 Å². The first-order chi connectivity index (χ1) is 13.6. The summed E-state index contributed by atoms with van der Waals surface area (Å²) in [5, 5.41) is 7.69. The summed E-state index contributed by atoms with van der Waals surface area (Å²) in [6, 6.07) is 15.2. The molecule has 0 aromatic heterocycles. The van der Waals surface area contributed by atoms with Crippen molar-refractivity contribution in [1.29, 1.82) is 0 Å². The van der Waals surface area contributed by atoms with Gasteiger partial charge in [0, 0.05) is 16.0 Å². The largest absolute Gasteiger partial charge is 0.272 e. The monoisotopic (exact) mass is 432 g/mol. The van der Waals surface area contributed by atoms with E-state index in [2.05, 4.69) is 6.08 Å². The molecule has 1 amide bonds. The average Bonchev–Trinajstić information content (AvgIpc) is 3.10. The van der Waals surface area contributed by atoms with Gasteiger partial charge in [0.05, 0.1) is 11.8 Å². The second kappa shape index (κ2) is 8.28. The first kappa shape index (κ1) is 19.5. The minimum atomic E-state index is -0.186. The van der Waals surface area contributed by atoms with Crippen LogP contribution in [-0.4, -0.2) is 22.5 Å². The molecule has 1 fully saturated rings. The second-order valence-electron chi connectivity index (χ2n) is 7.07. The van der Waals surface area contributed by atoms with Gasteiger partial charge < -0.3 is 0 Å². The van der Waals surface area contributed by atoms with E-state index in [-0.39, 0.29) is 23.7 Å². The van der Waals surface area contributed by atoms with E-state index >= 15 is 0 Å². The molecular formula is C22H19Cl3N2O. The molecule has 1 aliphatic carbocycles. The normalized spacial score (nSPS) is 22.9. The van der Waals surface area contributed by atoms with Crippen molar-refractivity contribution >= 4 is 52.5 Å². The predicted molar refractivity (Wildman–Crippen MR) is 116 cm³/mol. The number of hydrazone groups is 1. The Labute approximate surface area is 179 Å². The van der Waals surface area contributed by atoms with E-state index in [0.29, 0.717) is 10.0 Å². The molecule has 28 heavy (non-hydrogen) atoms. The number of carbonyl (C=O) groups excluding carboxylic acids is 1. The van der Waals surface area contributed by atoms with E-state index in [4.69, 9.17) is 39.9 Å². The van der Waals surface area contributed by atoms with Gasteiger partial charge in [-0.1, -0.05) is 47.5 Å². The van der Waals surface area contributed by atoms with Gasteiger partial charge in [0.1, 0.15) is 5.88 Å². The number of hydrogen-bond donors (Lipinski definition) is 0. The lowest BCUT2D eigenvalue weighted by Crippen LogP contribution is -2.32. The standard InChI is InChI=1S/C22H19Cl3N2O/c23-13-20(28)27-22(15-6-10-18(25)11-7-15)19-3-1-2-16(21(19)26-27)12-14-4-8-17(24)9-5-14/h4-12,19,22H,1-3,13H2/b16-12-/t19-,22+/m0/s1. The summed E-state index contributed by atoms with van der Waals surface area (Å²) in [6.07, 6.45) is 5.12. The van der Waals surface area contributed by atoms with Gasteiger partial charge in [-0.2, -0.15) is 5.10 Å². The lowest BCUT2D eigenvalue weighted by Gasteiger charge is -2.29. The molecule has 0 bridgehead atoms. The van der Waals surface area contributed by atoms with Crippen molar-refractivity contribution in [2.24, 2.45) is 11.0 Å². The Morgan fingerprint density at radius 1 is 1.07 bits per heavy atom. The zero-order valence-electron chi connectivity index (χ0n) is 15.1. The molecule has 0 saturated heterocycles. The van der Waals surface area contributed by atoms with E-state index in [1.807, 2.05) is 48.5 Å². The molecule has 144 valence electrons. The minimum absolute atomic E-state index is 0.0934. The number of amides is 1. The maximum atomic E-state index is 12.5. The molecule has 1 aliphatic heterocycles. The summed E-state index contributed by atoms with van der Waals surface area (Å²) in [6.45, 7) is 0. The Balaban J connectivity index is 1.73. The highest BCUT2D eigenvalue weighted by molar-refractivity contribution is 6.31. The summed E-state index contributed by atoms with van der Waals surface area (Å²) in [7, 11) is 0. The van der Waals surface area contributed by atoms with Crippen molar-refractivity contribution in [3.8, 4) is 0 Å². The first-order valence-electron chi connectivity index (χ1n) is 9.25. The molecule has 0 unspecified atom stereocenters. The summed E-state index contributed by atoms with van der Waals surface area (Å²) in [5.74, 6) is -0.126. The summed E-state index contributed by atoms with van der Waals surface area (Å²) in [4.78, 5) is 12.5. The number of nitrogens with zero attached hydrogens (tertiary/aromatic N) is 2. The van der Waals surface area contributed by atoms with E-state index in [1.165, 1.54) is 5.57 Å². The number of benzene rings is 2. The summed E-state index contributed by atoms with van der Waals surface area (Å²) in [5.41, 5.74) is 4.26. The van der Waals surface area contributed by atoms with Gasteiger partial charge in [-0.15, -0.1) is 11.6 Å². The van der Waals surface area contributed by atoms with Crippen molar-refractivity contribution < 1.29 is 4.79 Å². The third-order valence-corrected chi connectivity index (χ3v) is 6.03. The minimum Gasteiger partial charge on any atom is -0.272 e. The maximum absolute atomic E-state index is 12.5.